The lowest BCUT2D eigenvalue weighted by Crippen LogP contribution is -2.09. The first-order valence-corrected chi connectivity index (χ1v) is 6.98. The molecule has 1 aromatic heterocycles. The van der Waals surface area contributed by atoms with E-state index in [1.54, 1.807) is 30.5 Å². The van der Waals surface area contributed by atoms with Gasteiger partial charge in [-0.1, -0.05) is 32.9 Å². The molecule has 0 aliphatic rings. The van der Waals surface area contributed by atoms with Crippen LogP contribution in [0, 0.1) is 11.3 Å². The molecule has 1 aromatic carbocycles. The van der Waals surface area contributed by atoms with E-state index in [1.165, 1.54) is 0 Å². The summed E-state index contributed by atoms with van der Waals surface area (Å²) in [6.07, 6.45) is 1.91. The lowest BCUT2D eigenvalue weighted by molar-refractivity contribution is 0.0435. The van der Waals surface area contributed by atoms with E-state index in [9.17, 15) is 4.79 Å². The van der Waals surface area contributed by atoms with Crippen molar-refractivity contribution in [3.05, 3.63) is 53.2 Å². The van der Waals surface area contributed by atoms with Crippen molar-refractivity contribution in [2.24, 2.45) is 0 Å². The number of carbonyl (C=O) groups is 1. The molecule has 0 saturated carbocycles. The Morgan fingerprint density at radius 3 is 2.82 bits per heavy atom. The Hall–Kier alpha value is -2.61. The predicted octanol–water partition coefficient (Wildman–Crippen LogP) is 3.40. The molecule has 1 heterocycles. The molecule has 0 radical (unpaired) electrons. The SMILES string of the molecule is CC(C)(C)c1cnc(COC(=O)c2cccc(CC#N)c2)o1. The average molecular weight is 298 g/mol. The molecule has 0 unspecified atom stereocenters. The number of nitriles is 1. The maximum atomic E-state index is 12.0. The summed E-state index contributed by atoms with van der Waals surface area (Å²) in [4.78, 5) is 16.1. The molecule has 0 aliphatic carbocycles. The summed E-state index contributed by atoms with van der Waals surface area (Å²) >= 11 is 0. The topological polar surface area (TPSA) is 76.1 Å². The van der Waals surface area contributed by atoms with Crippen molar-refractivity contribution in [2.75, 3.05) is 0 Å². The smallest absolute Gasteiger partial charge is 0.338 e. The summed E-state index contributed by atoms with van der Waals surface area (Å²) in [7, 11) is 0. The fourth-order valence-electron chi connectivity index (χ4n) is 1.83. The van der Waals surface area contributed by atoms with Gasteiger partial charge < -0.3 is 9.15 Å². The minimum Gasteiger partial charge on any atom is -0.452 e. The fraction of sp³-hybridized carbons (Fsp3) is 0.353. The van der Waals surface area contributed by atoms with Gasteiger partial charge in [0.05, 0.1) is 24.3 Å². The predicted molar refractivity (Wildman–Crippen MR) is 80.1 cm³/mol. The maximum absolute atomic E-state index is 12.0. The van der Waals surface area contributed by atoms with Crippen LogP contribution in [0.1, 0.15) is 48.3 Å². The Kier molecular flexibility index (Phi) is 4.62. The molecule has 22 heavy (non-hydrogen) atoms. The molecule has 5 heteroatoms. The Morgan fingerprint density at radius 1 is 1.41 bits per heavy atom. The first kappa shape index (κ1) is 15.8. The second kappa shape index (κ2) is 6.44. The van der Waals surface area contributed by atoms with Crippen LogP contribution in [0.5, 0.6) is 0 Å². The van der Waals surface area contributed by atoms with E-state index in [2.05, 4.69) is 4.98 Å². The van der Waals surface area contributed by atoms with Gasteiger partial charge in [0.1, 0.15) is 5.76 Å². The van der Waals surface area contributed by atoms with Gasteiger partial charge in [-0.3, -0.25) is 0 Å². The molecule has 0 amide bonds. The molecule has 2 aromatic rings. The van der Waals surface area contributed by atoms with Crippen molar-refractivity contribution in [2.45, 2.75) is 39.2 Å². The van der Waals surface area contributed by atoms with Crippen LogP contribution in [-0.2, 0) is 23.2 Å². The Labute approximate surface area is 129 Å². The van der Waals surface area contributed by atoms with Crippen LogP contribution in [0.25, 0.3) is 0 Å². The quantitative estimate of drug-likeness (QED) is 0.809. The third-order valence-corrected chi connectivity index (χ3v) is 3.07. The number of hydrogen-bond acceptors (Lipinski definition) is 5. The third kappa shape index (κ3) is 3.95. The lowest BCUT2D eigenvalue weighted by Gasteiger charge is -2.13. The highest BCUT2D eigenvalue weighted by atomic mass is 16.5. The molecule has 5 nitrogen and oxygen atoms in total. The summed E-state index contributed by atoms with van der Waals surface area (Å²) in [5.41, 5.74) is 1.05. The highest BCUT2D eigenvalue weighted by molar-refractivity contribution is 5.89. The largest absolute Gasteiger partial charge is 0.452 e. The minimum absolute atomic E-state index is 0.0165. The fourth-order valence-corrected chi connectivity index (χ4v) is 1.83. The van der Waals surface area contributed by atoms with Crippen molar-refractivity contribution in [3.8, 4) is 6.07 Å². The summed E-state index contributed by atoms with van der Waals surface area (Å²) in [5, 5.41) is 8.68. The molecule has 114 valence electrons. The van der Waals surface area contributed by atoms with Crippen LogP contribution >= 0.6 is 0 Å². The van der Waals surface area contributed by atoms with Gasteiger partial charge in [0.15, 0.2) is 6.61 Å². The van der Waals surface area contributed by atoms with E-state index >= 15 is 0 Å². The highest BCUT2D eigenvalue weighted by Crippen LogP contribution is 2.23. The van der Waals surface area contributed by atoms with Crippen molar-refractivity contribution >= 4 is 5.97 Å². The molecule has 0 saturated heterocycles. The number of aromatic nitrogens is 1. The molecule has 0 spiro atoms. The van der Waals surface area contributed by atoms with Crippen molar-refractivity contribution in [3.63, 3.8) is 0 Å². The zero-order valence-electron chi connectivity index (χ0n) is 12.9. The van der Waals surface area contributed by atoms with Gasteiger partial charge in [-0.05, 0) is 17.7 Å². The van der Waals surface area contributed by atoms with Crippen LogP contribution in [0.15, 0.2) is 34.9 Å². The van der Waals surface area contributed by atoms with E-state index < -0.39 is 5.97 Å². The van der Waals surface area contributed by atoms with E-state index in [0.717, 1.165) is 11.3 Å². The monoisotopic (exact) mass is 298 g/mol. The molecule has 0 fully saturated rings. The van der Waals surface area contributed by atoms with Gasteiger partial charge in [-0.15, -0.1) is 0 Å². The maximum Gasteiger partial charge on any atom is 0.338 e. The first-order valence-electron chi connectivity index (χ1n) is 6.98. The van der Waals surface area contributed by atoms with Crippen molar-refractivity contribution < 1.29 is 13.9 Å². The number of rotatable bonds is 4. The Balaban J connectivity index is 2.00. The molecule has 0 atom stereocenters. The molecule has 2 rings (SSSR count). The normalized spacial score (nSPS) is 11.0. The second-order valence-corrected chi connectivity index (χ2v) is 5.98. The number of oxazole rings is 1. The molecule has 0 N–H and O–H groups in total. The van der Waals surface area contributed by atoms with Gasteiger partial charge in [0.2, 0.25) is 5.89 Å². The average Bonchev–Trinajstić information content (AvgIpc) is 2.94. The zero-order valence-corrected chi connectivity index (χ0v) is 12.9. The van der Waals surface area contributed by atoms with Gasteiger partial charge in [0.25, 0.3) is 0 Å². The number of esters is 1. The summed E-state index contributed by atoms with van der Waals surface area (Å²) in [6.45, 7) is 6.04. The van der Waals surface area contributed by atoms with E-state index in [1.807, 2.05) is 26.8 Å². The third-order valence-electron chi connectivity index (χ3n) is 3.07. The van der Waals surface area contributed by atoms with E-state index in [-0.39, 0.29) is 18.4 Å². The van der Waals surface area contributed by atoms with Crippen LogP contribution in [-0.4, -0.2) is 11.0 Å². The number of benzene rings is 1. The molecule has 0 bridgehead atoms. The van der Waals surface area contributed by atoms with E-state index in [4.69, 9.17) is 14.4 Å². The highest BCUT2D eigenvalue weighted by Gasteiger charge is 2.19. The van der Waals surface area contributed by atoms with Crippen LogP contribution in [0.4, 0.5) is 0 Å². The molecular weight excluding hydrogens is 280 g/mol. The van der Waals surface area contributed by atoms with E-state index in [0.29, 0.717) is 11.5 Å². The zero-order chi connectivity index (χ0) is 16.2. The summed E-state index contributed by atoms with van der Waals surface area (Å²) < 4.78 is 10.8. The summed E-state index contributed by atoms with van der Waals surface area (Å²) in [6, 6.07) is 8.88. The number of carbonyl (C=O) groups excluding carboxylic acids is 1. The van der Waals surface area contributed by atoms with Gasteiger partial charge in [0, 0.05) is 5.41 Å². The van der Waals surface area contributed by atoms with Crippen LogP contribution in [0.3, 0.4) is 0 Å². The van der Waals surface area contributed by atoms with Crippen molar-refractivity contribution in [1.29, 1.82) is 5.26 Å². The van der Waals surface area contributed by atoms with Crippen LogP contribution in [0.2, 0.25) is 0 Å². The Morgan fingerprint density at radius 2 is 2.18 bits per heavy atom. The van der Waals surface area contributed by atoms with Crippen molar-refractivity contribution in [1.82, 2.24) is 4.98 Å². The van der Waals surface area contributed by atoms with Gasteiger partial charge >= 0.3 is 5.97 Å². The van der Waals surface area contributed by atoms with Gasteiger partial charge in [-0.2, -0.15) is 5.26 Å². The number of nitrogens with zero attached hydrogens (tertiary/aromatic N) is 2. The molecular formula is C17H18N2O3. The number of ether oxygens (including phenoxy) is 1. The lowest BCUT2D eigenvalue weighted by atomic mass is 9.94. The number of hydrogen-bond donors (Lipinski definition) is 0. The summed E-state index contributed by atoms with van der Waals surface area (Å²) in [5.74, 6) is 0.649. The van der Waals surface area contributed by atoms with Crippen LogP contribution < -0.4 is 0 Å². The standard InChI is InChI=1S/C17H18N2O3/c1-17(2,3)14-10-19-15(22-14)11-21-16(20)13-6-4-5-12(9-13)7-8-18/h4-6,9-10H,7,11H2,1-3H3. The second-order valence-electron chi connectivity index (χ2n) is 5.98. The Bertz CT molecular complexity index is 705. The minimum atomic E-state index is -0.463. The molecule has 0 aliphatic heterocycles. The van der Waals surface area contributed by atoms with Gasteiger partial charge in [-0.25, -0.2) is 9.78 Å². The first-order chi connectivity index (χ1) is 10.4.